The molecule has 5 nitrogen and oxygen atoms in total. The summed E-state index contributed by atoms with van der Waals surface area (Å²) < 4.78 is 1.82. The highest BCUT2D eigenvalue weighted by atomic mass is 16.2. The number of hydrogen-bond donors (Lipinski definition) is 0. The number of aromatic nitrogens is 3. The number of carbonyl (C=O) groups is 1. The van der Waals surface area contributed by atoms with Crippen molar-refractivity contribution in [2.24, 2.45) is 0 Å². The van der Waals surface area contributed by atoms with E-state index in [1.807, 2.05) is 29.6 Å². The Morgan fingerprint density at radius 3 is 2.40 bits per heavy atom. The number of amides is 1. The summed E-state index contributed by atoms with van der Waals surface area (Å²) in [7, 11) is 0. The van der Waals surface area contributed by atoms with Gasteiger partial charge in [0.25, 0.3) is 5.91 Å². The quantitative estimate of drug-likeness (QED) is 0.837. The van der Waals surface area contributed by atoms with E-state index in [1.54, 1.807) is 6.20 Å². The summed E-state index contributed by atoms with van der Waals surface area (Å²) >= 11 is 0. The predicted octanol–water partition coefficient (Wildman–Crippen LogP) is 1.90. The monoisotopic (exact) mass is 270 g/mol. The number of rotatable bonds is 2. The van der Waals surface area contributed by atoms with E-state index in [-0.39, 0.29) is 11.9 Å². The van der Waals surface area contributed by atoms with E-state index in [4.69, 9.17) is 0 Å². The summed E-state index contributed by atoms with van der Waals surface area (Å²) in [6.07, 6.45) is 3.51. The van der Waals surface area contributed by atoms with Crippen LogP contribution in [0.1, 0.15) is 33.1 Å². The highest BCUT2D eigenvalue weighted by Gasteiger charge is 2.33. The van der Waals surface area contributed by atoms with Gasteiger partial charge in [-0.2, -0.15) is 0 Å². The van der Waals surface area contributed by atoms with Crippen molar-refractivity contribution in [2.75, 3.05) is 13.1 Å². The summed E-state index contributed by atoms with van der Waals surface area (Å²) in [6, 6.07) is 4.39. The van der Waals surface area contributed by atoms with Crippen LogP contribution in [0.5, 0.6) is 0 Å². The molecule has 2 heterocycles. The molecule has 5 heteroatoms. The third kappa shape index (κ3) is 2.09. The van der Waals surface area contributed by atoms with E-state index in [0.29, 0.717) is 13.1 Å². The Bertz CT molecular complexity index is 619. The van der Waals surface area contributed by atoms with Gasteiger partial charge in [0.05, 0.1) is 12.2 Å². The average Bonchev–Trinajstić information content (AvgIpc) is 2.78. The summed E-state index contributed by atoms with van der Waals surface area (Å²) in [5.41, 5.74) is 4.14. The van der Waals surface area contributed by atoms with Gasteiger partial charge >= 0.3 is 0 Å². The smallest absolute Gasteiger partial charge is 0.254 e. The summed E-state index contributed by atoms with van der Waals surface area (Å²) in [5, 5.41) is 7.78. The number of nitrogens with zero attached hydrogens (tertiary/aromatic N) is 4. The van der Waals surface area contributed by atoms with Crippen LogP contribution in [-0.4, -0.2) is 38.9 Å². The average molecular weight is 270 g/mol. The lowest BCUT2D eigenvalue weighted by atomic mass is 9.97. The van der Waals surface area contributed by atoms with Gasteiger partial charge in [0, 0.05) is 24.8 Å². The first-order valence-corrected chi connectivity index (χ1v) is 6.79. The van der Waals surface area contributed by atoms with E-state index in [9.17, 15) is 4.79 Å². The third-order valence-corrected chi connectivity index (χ3v) is 3.86. The van der Waals surface area contributed by atoms with Gasteiger partial charge in [-0.25, -0.2) is 4.68 Å². The molecule has 3 rings (SSSR count). The van der Waals surface area contributed by atoms with Crippen LogP contribution in [0.4, 0.5) is 0 Å². The number of carbonyl (C=O) groups excluding carboxylic acids is 1. The lowest BCUT2D eigenvalue weighted by Crippen LogP contribution is -2.51. The number of likely N-dealkylation sites (tertiary alicyclic amines) is 1. The van der Waals surface area contributed by atoms with Crippen molar-refractivity contribution in [1.29, 1.82) is 0 Å². The van der Waals surface area contributed by atoms with Gasteiger partial charge in [-0.1, -0.05) is 22.9 Å². The summed E-state index contributed by atoms with van der Waals surface area (Å²) in [5.74, 6) is 0.122. The first kappa shape index (κ1) is 12.8. The van der Waals surface area contributed by atoms with Gasteiger partial charge < -0.3 is 4.90 Å². The van der Waals surface area contributed by atoms with Gasteiger partial charge in [0.15, 0.2) is 0 Å². The second-order valence-corrected chi connectivity index (χ2v) is 5.52. The fraction of sp³-hybridized carbons (Fsp3) is 0.400. The van der Waals surface area contributed by atoms with Gasteiger partial charge in [0.2, 0.25) is 0 Å². The van der Waals surface area contributed by atoms with Crippen molar-refractivity contribution in [3.8, 4) is 0 Å². The predicted molar refractivity (Wildman–Crippen MR) is 75.6 cm³/mol. The van der Waals surface area contributed by atoms with Crippen molar-refractivity contribution in [3.05, 3.63) is 46.8 Å². The molecule has 2 aromatic rings. The van der Waals surface area contributed by atoms with Crippen LogP contribution in [0.25, 0.3) is 0 Å². The maximum Gasteiger partial charge on any atom is 0.254 e. The van der Waals surface area contributed by atoms with E-state index in [0.717, 1.165) is 16.7 Å². The van der Waals surface area contributed by atoms with Gasteiger partial charge in [-0.05, 0) is 31.9 Å². The van der Waals surface area contributed by atoms with Crippen LogP contribution in [0.3, 0.4) is 0 Å². The topological polar surface area (TPSA) is 51.0 Å². The Balaban J connectivity index is 1.76. The van der Waals surface area contributed by atoms with Crippen molar-refractivity contribution in [3.63, 3.8) is 0 Å². The van der Waals surface area contributed by atoms with Gasteiger partial charge in [-0.3, -0.25) is 4.79 Å². The molecule has 0 aliphatic carbocycles. The van der Waals surface area contributed by atoms with Gasteiger partial charge in [0.1, 0.15) is 0 Å². The Hall–Kier alpha value is -2.17. The van der Waals surface area contributed by atoms with E-state index in [1.165, 1.54) is 5.56 Å². The van der Waals surface area contributed by atoms with Crippen LogP contribution in [-0.2, 0) is 0 Å². The second kappa shape index (κ2) is 4.74. The minimum absolute atomic E-state index is 0.122. The normalized spacial score (nSPS) is 15.2. The zero-order chi connectivity index (χ0) is 14.3. The molecule has 1 aliphatic heterocycles. The summed E-state index contributed by atoms with van der Waals surface area (Å²) in [4.78, 5) is 14.4. The molecule has 0 saturated carbocycles. The van der Waals surface area contributed by atoms with E-state index in [2.05, 4.69) is 29.4 Å². The minimum Gasteiger partial charge on any atom is -0.334 e. The van der Waals surface area contributed by atoms with E-state index < -0.39 is 0 Å². The van der Waals surface area contributed by atoms with Crippen LogP contribution in [0.2, 0.25) is 0 Å². The lowest BCUT2D eigenvalue weighted by molar-refractivity contribution is 0.0497. The largest absolute Gasteiger partial charge is 0.334 e. The second-order valence-electron chi connectivity index (χ2n) is 5.52. The standard InChI is InChI=1S/C15H18N4O/c1-10-6-11(2)14(12(3)7-10)15(20)18-8-13(9-18)19-5-4-16-17-19/h4-7,13H,8-9H2,1-3H3. The molecular formula is C15H18N4O. The molecule has 0 radical (unpaired) electrons. The van der Waals surface area contributed by atoms with E-state index >= 15 is 0 Å². The molecule has 20 heavy (non-hydrogen) atoms. The molecule has 0 atom stereocenters. The Morgan fingerprint density at radius 2 is 1.85 bits per heavy atom. The fourth-order valence-electron chi connectivity index (χ4n) is 2.88. The van der Waals surface area contributed by atoms with Crippen molar-refractivity contribution >= 4 is 5.91 Å². The Kier molecular flexibility index (Phi) is 3.04. The molecule has 0 N–H and O–H groups in total. The molecule has 1 aromatic carbocycles. The molecule has 0 bridgehead atoms. The minimum atomic E-state index is 0.122. The first-order valence-electron chi connectivity index (χ1n) is 6.79. The molecule has 0 spiro atoms. The number of benzene rings is 1. The van der Waals surface area contributed by atoms with Crippen molar-refractivity contribution in [2.45, 2.75) is 26.8 Å². The van der Waals surface area contributed by atoms with Crippen LogP contribution < -0.4 is 0 Å². The molecule has 1 amide bonds. The maximum atomic E-state index is 12.6. The molecule has 1 aromatic heterocycles. The Labute approximate surface area is 118 Å². The highest BCUT2D eigenvalue weighted by molar-refractivity contribution is 5.97. The lowest BCUT2D eigenvalue weighted by Gasteiger charge is -2.39. The molecule has 1 fully saturated rings. The number of hydrogen-bond acceptors (Lipinski definition) is 3. The SMILES string of the molecule is Cc1cc(C)c(C(=O)N2CC(n3ccnn3)C2)c(C)c1. The first-order chi connectivity index (χ1) is 9.56. The van der Waals surface area contributed by atoms with Crippen LogP contribution in [0, 0.1) is 20.8 Å². The van der Waals surface area contributed by atoms with Crippen LogP contribution in [0.15, 0.2) is 24.5 Å². The van der Waals surface area contributed by atoms with Crippen molar-refractivity contribution in [1.82, 2.24) is 19.9 Å². The zero-order valence-electron chi connectivity index (χ0n) is 12.0. The fourth-order valence-corrected chi connectivity index (χ4v) is 2.88. The summed E-state index contributed by atoms with van der Waals surface area (Å²) in [6.45, 7) is 7.46. The van der Waals surface area contributed by atoms with Crippen molar-refractivity contribution < 1.29 is 4.79 Å². The third-order valence-electron chi connectivity index (χ3n) is 3.86. The van der Waals surface area contributed by atoms with Crippen LogP contribution >= 0.6 is 0 Å². The molecule has 0 unspecified atom stereocenters. The Morgan fingerprint density at radius 1 is 1.20 bits per heavy atom. The molecule has 1 saturated heterocycles. The molecule has 104 valence electrons. The van der Waals surface area contributed by atoms with Gasteiger partial charge in [-0.15, -0.1) is 5.10 Å². The molecule has 1 aliphatic rings. The highest BCUT2D eigenvalue weighted by Crippen LogP contribution is 2.25. The molecular weight excluding hydrogens is 252 g/mol. The zero-order valence-corrected chi connectivity index (χ0v) is 12.0. The maximum absolute atomic E-state index is 12.6. The number of aryl methyl sites for hydroxylation is 3.